The highest BCUT2D eigenvalue weighted by molar-refractivity contribution is 6.31. The summed E-state index contributed by atoms with van der Waals surface area (Å²) in [5.41, 5.74) is 1.09. The molecule has 2 rings (SSSR count). The topological polar surface area (TPSA) is 29.1 Å². The fourth-order valence-electron chi connectivity index (χ4n) is 1.84. The summed E-state index contributed by atoms with van der Waals surface area (Å²) in [6.07, 6.45) is 1.84. The number of carbonyl (C=O) groups is 1. The zero-order valence-electron chi connectivity index (χ0n) is 9.37. The lowest BCUT2D eigenvalue weighted by atomic mass is 10.1. The van der Waals surface area contributed by atoms with Gasteiger partial charge in [0.25, 0.3) is 0 Å². The van der Waals surface area contributed by atoms with Crippen molar-refractivity contribution in [3.63, 3.8) is 0 Å². The first-order valence-corrected chi connectivity index (χ1v) is 6.07. The minimum atomic E-state index is 0.194. The van der Waals surface area contributed by atoms with Crippen molar-refractivity contribution in [1.82, 2.24) is 5.32 Å². The Morgan fingerprint density at radius 1 is 1.50 bits per heavy atom. The first-order valence-electron chi connectivity index (χ1n) is 5.69. The molecule has 0 spiro atoms. The molecule has 0 aromatic heterocycles. The van der Waals surface area contributed by atoms with E-state index in [0.29, 0.717) is 12.5 Å². The predicted molar refractivity (Wildman–Crippen MR) is 65.4 cm³/mol. The maximum absolute atomic E-state index is 11.5. The third-order valence-corrected chi connectivity index (χ3v) is 3.47. The molecule has 1 aliphatic carbocycles. The van der Waals surface area contributed by atoms with Crippen molar-refractivity contribution in [3.05, 3.63) is 34.9 Å². The van der Waals surface area contributed by atoms with Gasteiger partial charge in [-0.3, -0.25) is 4.79 Å². The molecule has 0 heterocycles. The van der Waals surface area contributed by atoms with Crippen molar-refractivity contribution in [2.45, 2.75) is 19.8 Å². The minimum absolute atomic E-state index is 0.194. The van der Waals surface area contributed by atoms with Crippen LogP contribution in [0.3, 0.4) is 0 Å². The molecule has 2 unspecified atom stereocenters. The number of benzene rings is 1. The second kappa shape index (κ2) is 4.88. The van der Waals surface area contributed by atoms with Crippen LogP contribution in [0.15, 0.2) is 24.3 Å². The standard InChI is InChI=1S/C13H16ClNO/c1-9-8-11(9)13(16)15-7-6-10-4-2-3-5-12(10)14/h2-5,9,11H,6-8H2,1H3,(H,15,16). The third kappa shape index (κ3) is 2.76. The Balaban J connectivity index is 1.76. The number of rotatable bonds is 4. The lowest BCUT2D eigenvalue weighted by molar-refractivity contribution is -0.122. The molecule has 86 valence electrons. The highest BCUT2D eigenvalue weighted by Crippen LogP contribution is 2.37. The van der Waals surface area contributed by atoms with Crippen LogP contribution in [-0.4, -0.2) is 12.5 Å². The lowest BCUT2D eigenvalue weighted by Crippen LogP contribution is -2.27. The van der Waals surface area contributed by atoms with Gasteiger partial charge in [-0.15, -0.1) is 0 Å². The summed E-state index contributed by atoms with van der Waals surface area (Å²) in [7, 11) is 0. The van der Waals surface area contributed by atoms with E-state index in [1.165, 1.54) is 0 Å². The van der Waals surface area contributed by atoms with Crippen molar-refractivity contribution < 1.29 is 4.79 Å². The highest BCUT2D eigenvalue weighted by atomic mass is 35.5. The molecule has 1 fully saturated rings. The van der Waals surface area contributed by atoms with Gasteiger partial charge in [0, 0.05) is 17.5 Å². The summed E-state index contributed by atoms with van der Waals surface area (Å²) in [5, 5.41) is 3.73. The Morgan fingerprint density at radius 3 is 2.81 bits per heavy atom. The van der Waals surface area contributed by atoms with Crippen LogP contribution < -0.4 is 5.32 Å². The van der Waals surface area contributed by atoms with Gasteiger partial charge in [-0.25, -0.2) is 0 Å². The summed E-state index contributed by atoms with van der Waals surface area (Å²) in [6, 6.07) is 7.75. The summed E-state index contributed by atoms with van der Waals surface area (Å²) >= 11 is 6.02. The SMILES string of the molecule is CC1CC1C(=O)NCCc1ccccc1Cl. The van der Waals surface area contributed by atoms with Gasteiger partial charge in [0.2, 0.25) is 5.91 Å². The van der Waals surface area contributed by atoms with Crippen LogP contribution in [0.4, 0.5) is 0 Å². The quantitative estimate of drug-likeness (QED) is 0.857. The number of hydrogen-bond donors (Lipinski definition) is 1. The average Bonchev–Trinajstić information content (AvgIpc) is 2.98. The molecule has 1 saturated carbocycles. The zero-order valence-corrected chi connectivity index (χ0v) is 10.1. The molecular weight excluding hydrogens is 222 g/mol. The largest absolute Gasteiger partial charge is 0.356 e. The molecule has 0 aliphatic heterocycles. The van der Waals surface area contributed by atoms with Gasteiger partial charge >= 0.3 is 0 Å². The van der Waals surface area contributed by atoms with E-state index in [2.05, 4.69) is 12.2 Å². The zero-order chi connectivity index (χ0) is 11.5. The number of halogens is 1. The molecule has 3 heteroatoms. The summed E-state index contributed by atoms with van der Waals surface area (Å²) in [4.78, 5) is 11.5. The van der Waals surface area contributed by atoms with Gasteiger partial charge in [-0.2, -0.15) is 0 Å². The molecule has 1 amide bonds. The molecule has 1 aliphatic rings. The second-order valence-electron chi connectivity index (χ2n) is 4.45. The van der Waals surface area contributed by atoms with E-state index >= 15 is 0 Å². The van der Waals surface area contributed by atoms with Crippen LogP contribution in [-0.2, 0) is 11.2 Å². The smallest absolute Gasteiger partial charge is 0.223 e. The van der Waals surface area contributed by atoms with Crippen LogP contribution in [0, 0.1) is 11.8 Å². The normalized spacial score (nSPS) is 22.9. The first kappa shape index (κ1) is 11.5. The molecule has 0 bridgehead atoms. The van der Waals surface area contributed by atoms with E-state index in [1.54, 1.807) is 0 Å². The van der Waals surface area contributed by atoms with Crippen molar-refractivity contribution in [2.24, 2.45) is 11.8 Å². The highest BCUT2D eigenvalue weighted by Gasteiger charge is 2.38. The van der Waals surface area contributed by atoms with E-state index in [4.69, 9.17) is 11.6 Å². The van der Waals surface area contributed by atoms with E-state index in [1.807, 2.05) is 24.3 Å². The van der Waals surface area contributed by atoms with E-state index in [9.17, 15) is 4.79 Å². The molecule has 2 nitrogen and oxygen atoms in total. The van der Waals surface area contributed by atoms with E-state index in [0.717, 1.165) is 23.4 Å². The Bertz CT molecular complexity index is 391. The van der Waals surface area contributed by atoms with Crippen molar-refractivity contribution in [2.75, 3.05) is 6.54 Å². The lowest BCUT2D eigenvalue weighted by Gasteiger charge is -2.06. The molecule has 2 atom stereocenters. The minimum Gasteiger partial charge on any atom is -0.356 e. The Kier molecular flexibility index (Phi) is 3.49. The fourth-order valence-corrected chi connectivity index (χ4v) is 2.07. The molecule has 1 aromatic carbocycles. The monoisotopic (exact) mass is 237 g/mol. The van der Waals surface area contributed by atoms with Gasteiger partial charge in [-0.1, -0.05) is 36.7 Å². The van der Waals surface area contributed by atoms with Gasteiger partial charge in [0.1, 0.15) is 0 Å². The Morgan fingerprint density at radius 2 is 2.19 bits per heavy atom. The van der Waals surface area contributed by atoms with Gasteiger partial charge in [0.15, 0.2) is 0 Å². The van der Waals surface area contributed by atoms with Crippen LogP contribution in [0.2, 0.25) is 5.02 Å². The first-order chi connectivity index (χ1) is 7.68. The van der Waals surface area contributed by atoms with Crippen molar-refractivity contribution >= 4 is 17.5 Å². The Labute approximate surface area is 101 Å². The summed E-state index contributed by atoms with van der Waals surface area (Å²) < 4.78 is 0. The molecule has 1 N–H and O–H groups in total. The van der Waals surface area contributed by atoms with Gasteiger partial charge in [0.05, 0.1) is 0 Å². The molecule has 16 heavy (non-hydrogen) atoms. The van der Waals surface area contributed by atoms with Crippen LogP contribution >= 0.6 is 11.6 Å². The fraction of sp³-hybridized carbons (Fsp3) is 0.462. The number of hydrogen-bond acceptors (Lipinski definition) is 1. The number of amides is 1. The third-order valence-electron chi connectivity index (χ3n) is 3.10. The van der Waals surface area contributed by atoms with Crippen LogP contribution in [0.5, 0.6) is 0 Å². The summed E-state index contributed by atoms with van der Waals surface area (Å²) in [5.74, 6) is 1.02. The predicted octanol–water partition coefficient (Wildman–Crippen LogP) is 2.65. The van der Waals surface area contributed by atoms with Crippen LogP contribution in [0.1, 0.15) is 18.9 Å². The average molecular weight is 238 g/mol. The summed E-state index contributed by atoms with van der Waals surface area (Å²) in [6.45, 7) is 2.78. The Hall–Kier alpha value is -1.02. The van der Waals surface area contributed by atoms with Crippen LogP contribution in [0.25, 0.3) is 0 Å². The van der Waals surface area contributed by atoms with Crippen molar-refractivity contribution in [1.29, 1.82) is 0 Å². The van der Waals surface area contributed by atoms with Gasteiger partial charge in [-0.05, 0) is 30.4 Å². The number of nitrogens with one attached hydrogen (secondary N) is 1. The maximum Gasteiger partial charge on any atom is 0.223 e. The van der Waals surface area contributed by atoms with E-state index in [-0.39, 0.29) is 11.8 Å². The second-order valence-corrected chi connectivity index (χ2v) is 4.86. The molecule has 0 radical (unpaired) electrons. The van der Waals surface area contributed by atoms with E-state index < -0.39 is 0 Å². The van der Waals surface area contributed by atoms with Crippen molar-refractivity contribution in [3.8, 4) is 0 Å². The maximum atomic E-state index is 11.5. The number of carbonyl (C=O) groups excluding carboxylic acids is 1. The molecular formula is C13H16ClNO. The molecule has 1 aromatic rings. The molecule has 0 saturated heterocycles. The van der Waals surface area contributed by atoms with Gasteiger partial charge < -0.3 is 5.32 Å².